The quantitative estimate of drug-likeness (QED) is 0.907. The minimum Gasteiger partial charge on any atom is -0.229 e. The van der Waals surface area contributed by atoms with Gasteiger partial charge in [0.25, 0.3) is 0 Å². The molecule has 0 unspecified atom stereocenters. The predicted octanol–water partition coefficient (Wildman–Crippen LogP) is 1.16. The molecule has 0 amide bonds. The van der Waals surface area contributed by atoms with Gasteiger partial charge in [-0.15, -0.1) is 0 Å². The molecule has 1 aliphatic rings. The molecule has 1 aromatic rings. The van der Waals surface area contributed by atoms with E-state index in [1.807, 2.05) is 13.8 Å². The van der Waals surface area contributed by atoms with Crippen molar-refractivity contribution in [2.75, 3.05) is 11.5 Å². The molecule has 0 aliphatic carbocycles. The number of benzene rings is 1. The number of hydrogen-bond acceptors (Lipinski definition) is 4. The Kier molecular flexibility index (Phi) is 3.73. The molecule has 1 saturated heterocycles. The van der Waals surface area contributed by atoms with E-state index in [1.54, 1.807) is 19.1 Å². The lowest BCUT2D eigenvalue weighted by Crippen LogP contribution is -2.46. The number of hydrogen-bond donors (Lipinski definition) is 1. The van der Waals surface area contributed by atoms with Crippen molar-refractivity contribution in [2.24, 2.45) is 0 Å². The minimum atomic E-state index is -3.71. The van der Waals surface area contributed by atoms with Gasteiger partial charge in [0.2, 0.25) is 10.0 Å². The van der Waals surface area contributed by atoms with Crippen molar-refractivity contribution in [1.29, 1.82) is 0 Å². The maximum Gasteiger partial charge on any atom is 0.241 e. The topological polar surface area (TPSA) is 80.3 Å². The monoisotopic (exact) mass is 317 g/mol. The Morgan fingerprint density at radius 2 is 1.85 bits per heavy atom. The molecule has 1 heterocycles. The molecule has 0 bridgehead atoms. The van der Waals surface area contributed by atoms with Gasteiger partial charge in [0, 0.05) is 5.54 Å². The van der Waals surface area contributed by atoms with E-state index in [9.17, 15) is 16.8 Å². The first-order valence-corrected chi connectivity index (χ1v) is 9.65. The molecule has 1 fully saturated rings. The average molecular weight is 317 g/mol. The summed E-state index contributed by atoms with van der Waals surface area (Å²) in [6.07, 6.45) is 0.305. The normalized spacial score (nSPS) is 25.8. The van der Waals surface area contributed by atoms with Gasteiger partial charge < -0.3 is 0 Å². The summed E-state index contributed by atoms with van der Waals surface area (Å²) in [5, 5.41) is 0. The van der Waals surface area contributed by atoms with E-state index in [0.717, 1.165) is 11.1 Å². The van der Waals surface area contributed by atoms with Gasteiger partial charge in [-0.1, -0.05) is 6.07 Å². The molecule has 1 aromatic carbocycles. The van der Waals surface area contributed by atoms with Gasteiger partial charge in [-0.3, -0.25) is 0 Å². The third-order valence-corrected chi connectivity index (χ3v) is 7.21. The minimum absolute atomic E-state index is 0.0267. The SMILES string of the molecule is Cc1ccc(S(=O)(=O)N[C@]2(C)CCS(=O)(=O)C2)cc1C. The number of sulfonamides is 1. The number of nitrogens with one attached hydrogen (secondary N) is 1. The molecule has 2 rings (SSSR count). The molecule has 0 radical (unpaired) electrons. The Morgan fingerprint density at radius 3 is 2.35 bits per heavy atom. The van der Waals surface area contributed by atoms with E-state index in [4.69, 9.17) is 0 Å². The maximum atomic E-state index is 12.4. The fourth-order valence-corrected chi connectivity index (χ4v) is 6.06. The lowest BCUT2D eigenvalue weighted by Gasteiger charge is -2.23. The van der Waals surface area contributed by atoms with Crippen molar-refractivity contribution >= 4 is 19.9 Å². The van der Waals surface area contributed by atoms with E-state index in [1.165, 1.54) is 6.07 Å². The van der Waals surface area contributed by atoms with Gasteiger partial charge in [0.15, 0.2) is 9.84 Å². The lowest BCUT2D eigenvalue weighted by molar-refractivity contribution is 0.462. The van der Waals surface area contributed by atoms with Crippen molar-refractivity contribution in [2.45, 2.75) is 37.6 Å². The molecule has 20 heavy (non-hydrogen) atoms. The first-order valence-electron chi connectivity index (χ1n) is 6.35. The molecular formula is C13H19NO4S2. The van der Waals surface area contributed by atoms with Crippen LogP contribution in [0.25, 0.3) is 0 Å². The number of rotatable bonds is 3. The van der Waals surface area contributed by atoms with Crippen molar-refractivity contribution < 1.29 is 16.8 Å². The Balaban J connectivity index is 2.30. The molecular weight excluding hydrogens is 298 g/mol. The van der Waals surface area contributed by atoms with Crippen LogP contribution in [0.15, 0.2) is 23.1 Å². The summed E-state index contributed by atoms with van der Waals surface area (Å²) in [6.45, 7) is 5.39. The second-order valence-electron chi connectivity index (χ2n) is 5.75. The second-order valence-corrected chi connectivity index (χ2v) is 9.62. The summed E-state index contributed by atoms with van der Waals surface area (Å²) in [6, 6.07) is 4.89. The van der Waals surface area contributed by atoms with Gasteiger partial charge in [0.05, 0.1) is 16.4 Å². The predicted molar refractivity (Wildman–Crippen MR) is 77.9 cm³/mol. The van der Waals surface area contributed by atoms with Crippen LogP contribution in [0, 0.1) is 13.8 Å². The number of sulfone groups is 1. The van der Waals surface area contributed by atoms with E-state index in [-0.39, 0.29) is 16.4 Å². The Labute approximate surface area is 120 Å². The summed E-state index contributed by atoms with van der Waals surface area (Å²) >= 11 is 0. The van der Waals surface area contributed by atoms with Gasteiger partial charge in [-0.05, 0) is 50.5 Å². The van der Waals surface area contributed by atoms with Crippen molar-refractivity contribution in [1.82, 2.24) is 4.72 Å². The van der Waals surface area contributed by atoms with Crippen molar-refractivity contribution in [3.05, 3.63) is 29.3 Å². The van der Waals surface area contributed by atoms with Crippen LogP contribution in [0.2, 0.25) is 0 Å². The molecule has 0 aromatic heterocycles. The van der Waals surface area contributed by atoms with Gasteiger partial charge in [-0.2, -0.15) is 0 Å². The second kappa shape index (κ2) is 4.82. The fraction of sp³-hybridized carbons (Fsp3) is 0.538. The van der Waals surface area contributed by atoms with Crippen molar-refractivity contribution in [3.63, 3.8) is 0 Å². The summed E-state index contributed by atoms with van der Waals surface area (Å²) in [5.41, 5.74) is 0.979. The summed E-state index contributed by atoms with van der Waals surface area (Å²) in [5.74, 6) is -0.122. The molecule has 1 N–H and O–H groups in total. The summed E-state index contributed by atoms with van der Waals surface area (Å²) in [7, 11) is -6.86. The smallest absolute Gasteiger partial charge is 0.229 e. The van der Waals surface area contributed by atoms with Crippen LogP contribution in [0.5, 0.6) is 0 Å². The third kappa shape index (κ3) is 3.21. The molecule has 1 atom stereocenters. The van der Waals surface area contributed by atoms with Crippen LogP contribution in [0.3, 0.4) is 0 Å². The van der Waals surface area contributed by atoms with E-state index >= 15 is 0 Å². The van der Waals surface area contributed by atoms with E-state index in [2.05, 4.69) is 4.72 Å². The third-order valence-electron chi connectivity index (χ3n) is 3.67. The standard InChI is InChI=1S/C13H19NO4S2/c1-10-4-5-12(8-11(10)2)20(17,18)14-13(3)6-7-19(15,16)9-13/h4-5,8,14H,6-7,9H2,1-3H3/t13-/m1/s1. The molecule has 5 nitrogen and oxygen atoms in total. The highest BCUT2D eigenvalue weighted by molar-refractivity contribution is 7.92. The van der Waals surface area contributed by atoms with Crippen LogP contribution in [0.1, 0.15) is 24.5 Å². The van der Waals surface area contributed by atoms with E-state index < -0.39 is 25.4 Å². The first kappa shape index (κ1) is 15.5. The molecule has 112 valence electrons. The molecule has 0 spiro atoms. The first-order chi connectivity index (χ1) is 9.03. The van der Waals surface area contributed by atoms with Gasteiger partial charge >= 0.3 is 0 Å². The summed E-state index contributed by atoms with van der Waals surface area (Å²) < 4.78 is 50.3. The molecule has 0 saturated carbocycles. The van der Waals surface area contributed by atoms with Crippen molar-refractivity contribution in [3.8, 4) is 0 Å². The Bertz CT molecular complexity index is 738. The van der Waals surface area contributed by atoms with E-state index in [0.29, 0.717) is 6.42 Å². The highest BCUT2D eigenvalue weighted by Crippen LogP contribution is 2.25. The van der Waals surface area contributed by atoms with Crippen LogP contribution in [-0.2, 0) is 19.9 Å². The fourth-order valence-electron chi connectivity index (χ4n) is 2.36. The van der Waals surface area contributed by atoms with Gasteiger partial charge in [-0.25, -0.2) is 21.6 Å². The van der Waals surface area contributed by atoms with Crippen LogP contribution >= 0.6 is 0 Å². The highest BCUT2D eigenvalue weighted by Gasteiger charge is 2.41. The van der Waals surface area contributed by atoms with Crippen LogP contribution in [0.4, 0.5) is 0 Å². The zero-order valence-electron chi connectivity index (χ0n) is 11.8. The maximum absolute atomic E-state index is 12.4. The Morgan fingerprint density at radius 1 is 1.20 bits per heavy atom. The zero-order valence-corrected chi connectivity index (χ0v) is 13.4. The summed E-state index contributed by atoms with van der Waals surface area (Å²) in [4.78, 5) is 0.172. The largest absolute Gasteiger partial charge is 0.241 e. The van der Waals surface area contributed by atoms with Crippen LogP contribution in [-0.4, -0.2) is 33.9 Å². The number of aryl methyl sites for hydroxylation is 2. The molecule has 7 heteroatoms. The highest BCUT2D eigenvalue weighted by atomic mass is 32.2. The average Bonchev–Trinajstić information content (AvgIpc) is 2.55. The Hall–Kier alpha value is -0.920. The zero-order chi connectivity index (χ0) is 15.2. The molecule has 1 aliphatic heterocycles. The lowest BCUT2D eigenvalue weighted by atomic mass is 10.0. The van der Waals surface area contributed by atoms with Crippen LogP contribution < -0.4 is 4.72 Å². The van der Waals surface area contributed by atoms with Gasteiger partial charge in [0.1, 0.15) is 0 Å².